The summed E-state index contributed by atoms with van der Waals surface area (Å²) in [4.78, 5) is 40.2. The van der Waals surface area contributed by atoms with Crippen LogP contribution in [0.25, 0.3) is 22.0 Å². The Balaban J connectivity index is 1.41. The summed E-state index contributed by atoms with van der Waals surface area (Å²) in [5.74, 6) is 0.114. The second-order valence-electron chi connectivity index (χ2n) is 12.0. The van der Waals surface area contributed by atoms with Crippen molar-refractivity contribution in [1.29, 1.82) is 0 Å². The highest BCUT2D eigenvalue weighted by Gasteiger charge is 2.27. The summed E-state index contributed by atoms with van der Waals surface area (Å²) in [7, 11) is 0. The minimum Gasteiger partial charge on any atom is -0.354 e. The van der Waals surface area contributed by atoms with E-state index in [1.165, 1.54) is 0 Å². The molecule has 9 nitrogen and oxygen atoms in total. The third kappa shape index (κ3) is 6.16. The molecule has 1 atom stereocenters. The van der Waals surface area contributed by atoms with Crippen molar-refractivity contribution < 1.29 is 9.59 Å². The molecule has 2 amide bonds. The molecule has 1 saturated heterocycles. The molecule has 0 bridgehead atoms. The van der Waals surface area contributed by atoms with Gasteiger partial charge in [-0.3, -0.25) is 19.2 Å². The Morgan fingerprint density at radius 3 is 2.43 bits per heavy atom. The van der Waals surface area contributed by atoms with Crippen molar-refractivity contribution in [1.82, 2.24) is 25.0 Å². The van der Waals surface area contributed by atoms with Crippen LogP contribution in [0.2, 0.25) is 0 Å². The lowest BCUT2D eigenvalue weighted by Crippen LogP contribution is -2.49. The zero-order valence-corrected chi connectivity index (χ0v) is 25.7. The van der Waals surface area contributed by atoms with E-state index in [0.717, 1.165) is 78.2 Å². The topological polar surface area (TPSA) is 95.7 Å². The maximum absolute atomic E-state index is 13.7. The van der Waals surface area contributed by atoms with Crippen LogP contribution in [-0.4, -0.2) is 76.0 Å². The van der Waals surface area contributed by atoms with Crippen LogP contribution in [0.15, 0.2) is 53.3 Å². The van der Waals surface area contributed by atoms with Gasteiger partial charge in [0.1, 0.15) is 5.82 Å². The number of carbonyl (C=O) groups excluding carboxylic acids is 2. The first-order chi connectivity index (χ1) is 20.2. The Morgan fingerprint density at radius 2 is 1.79 bits per heavy atom. The van der Waals surface area contributed by atoms with Crippen LogP contribution >= 0.6 is 0 Å². The van der Waals surface area contributed by atoms with Crippen molar-refractivity contribution in [2.75, 3.05) is 37.6 Å². The standard InChI is InChI=1S/C33H43N7O2/c1-7-8-24-15-23(6)37-33(42)28(24)19-35-32(41)27-16-26(17-30-29(27)20-36-40(30)22(4)5)25-9-10-31(34-18-25)39-13-11-38(12-14-39)21(2)3/h9-10,15-18,20-22,28H,7-8,11-14,19H2,1-6H3,(H,35,41). The Hall–Kier alpha value is -3.85. The second-order valence-corrected chi connectivity index (χ2v) is 12.0. The molecule has 1 unspecified atom stereocenters. The maximum Gasteiger partial charge on any atom is 0.254 e. The van der Waals surface area contributed by atoms with Crippen molar-refractivity contribution in [3.8, 4) is 11.1 Å². The van der Waals surface area contributed by atoms with E-state index in [1.807, 2.05) is 29.9 Å². The molecule has 0 spiro atoms. The molecule has 5 rings (SSSR count). The molecule has 9 heteroatoms. The predicted molar refractivity (Wildman–Crippen MR) is 169 cm³/mol. The molecule has 0 aliphatic carbocycles. The number of anilines is 1. The first kappa shape index (κ1) is 29.6. The average Bonchev–Trinajstić information content (AvgIpc) is 3.41. The lowest BCUT2D eigenvalue weighted by Gasteiger charge is -2.37. The molecular formula is C33H43N7O2. The number of pyridine rings is 1. The van der Waals surface area contributed by atoms with Crippen LogP contribution in [-0.2, 0) is 4.79 Å². The molecule has 2 aliphatic rings. The van der Waals surface area contributed by atoms with E-state index in [2.05, 4.69) is 78.0 Å². The number of aliphatic imine (C=N–C) groups is 1. The zero-order valence-electron chi connectivity index (χ0n) is 25.7. The Labute approximate surface area is 248 Å². The van der Waals surface area contributed by atoms with E-state index in [4.69, 9.17) is 4.98 Å². The Kier molecular flexibility index (Phi) is 8.87. The van der Waals surface area contributed by atoms with Crippen molar-refractivity contribution in [2.45, 2.75) is 66.5 Å². The number of benzene rings is 1. The summed E-state index contributed by atoms with van der Waals surface area (Å²) in [5.41, 5.74) is 5.01. The predicted octanol–water partition coefficient (Wildman–Crippen LogP) is 5.28. The number of fused-ring (bicyclic) bond motifs is 1. The Bertz CT molecular complexity index is 1510. The van der Waals surface area contributed by atoms with Gasteiger partial charge in [0.2, 0.25) is 0 Å². The van der Waals surface area contributed by atoms with E-state index in [0.29, 0.717) is 11.6 Å². The number of nitrogens with one attached hydrogen (secondary N) is 1. The normalized spacial score (nSPS) is 18.1. The first-order valence-electron chi connectivity index (χ1n) is 15.2. The second kappa shape index (κ2) is 12.6. The summed E-state index contributed by atoms with van der Waals surface area (Å²) < 4.78 is 1.94. The summed E-state index contributed by atoms with van der Waals surface area (Å²) in [6.45, 7) is 16.7. The van der Waals surface area contributed by atoms with E-state index in [9.17, 15) is 9.59 Å². The molecule has 222 valence electrons. The first-order valence-corrected chi connectivity index (χ1v) is 15.2. The number of hydrogen-bond donors (Lipinski definition) is 1. The molecule has 2 aliphatic heterocycles. The number of hydrogen-bond acceptors (Lipinski definition) is 6. The fourth-order valence-corrected chi connectivity index (χ4v) is 5.98. The average molecular weight is 570 g/mol. The molecule has 1 fully saturated rings. The van der Waals surface area contributed by atoms with Gasteiger partial charge in [-0.15, -0.1) is 0 Å². The van der Waals surface area contributed by atoms with Crippen LogP contribution in [0.1, 0.15) is 70.8 Å². The lowest BCUT2D eigenvalue weighted by atomic mass is 9.91. The summed E-state index contributed by atoms with van der Waals surface area (Å²) in [6.07, 6.45) is 7.36. The van der Waals surface area contributed by atoms with Gasteiger partial charge in [0.15, 0.2) is 0 Å². The monoisotopic (exact) mass is 569 g/mol. The van der Waals surface area contributed by atoms with Gasteiger partial charge in [0, 0.05) is 67.7 Å². The quantitative estimate of drug-likeness (QED) is 0.377. The minimum atomic E-state index is -0.436. The summed E-state index contributed by atoms with van der Waals surface area (Å²) in [6, 6.07) is 8.83. The molecule has 0 radical (unpaired) electrons. The Morgan fingerprint density at radius 1 is 1.02 bits per heavy atom. The van der Waals surface area contributed by atoms with Crippen LogP contribution in [0.5, 0.6) is 0 Å². The zero-order chi connectivity index (χ0) is 30.0. The van der Waals surface area contributed by atoms with Gasteiger partial charge in [-0.2, -0.15) is 5.10 Å². The number of amides is 2. The van der Waals surface area contributed by atoms with Gasteiger partial charge in [-0.05, 0) is 76.9 Å². The third-order valence-electron chi connectivity index (χ3n) is 8.33. The summed E-state index contributed by atoms with van der Waals surface area (Å²) in [5, 5.41) is 8.43. The molecular weight excluding hydrogens is 526 g/mol. The highest BCUT2D eigenvalue weighted by molar-refractivity contribution is 6.09. The van der Waals surface area contributed by atoms with Crippen LogP contribution < -0.4 is 10.2 Å². The van der Waals surface area contributed by atoms with Crippen molar-refractivity contribution in [2.24, 2.45) is 10.9 Å². The molecule has 4 heterocycles. The number of dihydropyridines is 1. The third-order valence-corrected chi connectivity index (χ3v) is 8.33. The van der Waals surface area contributed by atoms with E-state index >= 15 is 0 Å². The van der Waals surface area contributed by atoms with Gasteiger partial charge in [-0.25, -0.2) is 9.98 Å². The van der Waals surface area contributed by atoms with E-state index in [-0.39, 0.29) is 24.4 Å². The number of piperazine rings is 1. The lowest BCUT2D eigenvalue weighted by molar-refractivity contribution is -0.120. The number of rotatable bonds is 9. The summed E-state index contributed by atoms with van der Waals surface area (Å²) >= 11 is 0. The molecule has 3 aromatic rings. The van der Waals surface area contributed by atoms with Crippen LogP contribution in [0.4, 0.5) is 5.82 Å². The van der Waals surface area contributed by atoms with Crippen molar-refractivity contribution in [3.63, 3.8) is 0 Å². The smallest absolute Gasteiger partial charge is 0.254 e. The fraction of sp³-hybridized carbons (Fsp3) is 0.485. The van der Waals surface area contributed by atoms with Gasteiger partial charge in [0.25, 0.3) is 11.8 Å². The van der Waals surface area contributed by atoms with Gasteiger partial charge < -0.3 is 10.2 Å². The SMILES string of the molecule is CCCC1=CC(C)=NC(=O)C1CNC(=O)c1cc(-c2ccc(N3CCN(C(C)C)CC3)nc2)cc2c1cnn2C(C)C. The molecule has 2 aromatic heterocycles. The molecule has 1 aromatic carbocycles. The van der Waals surface area contributed by atoms with Gasteiger partial charge >= 0.3 is 0 Å². The molecule has 1 N–H and O–H groups in total. The van der Waals surface area contributed by atoms with Gasteiger partial charge in [0.05, 0.1) is 23.2 Å². The van der Waals surface area contributed by atoms with Crippen molar-refractivity contribution in [3.05, 3.63) is 53.9 Å². The van der Waals surface area contributed by atoms with Crippen molar-refractivity contribution >= 4 is 34.2 Å². The number of aromatic nitrogens is 3. The fourth-order valence-electron chi connectivity index (χ4n) is 5.98. The largest absolute Gasteiger partial charge is 0.354 e. The highest BCUT2D eigenvalue weighted by Crippen LogP contribution is 2.30. The number of allylic oxidation sites excluding steroid dienone is 1. The number of nitrogens with zero attached hydrogens (tertiary/aromatic N) is 6. The minimum absolute atomic E-state index is 0.126. The van der Waals surface area contributed by atoms with Crippen LogP contribution in [0.3, 0.4) is 0 Å². The van der Waals surface area contributed by atoms with Crippen LogP contribution in [0, 0.1) is 5.92 Å². The molecule has 42 heavy (non-hydrogen) atoms. The van der Waals surface area contributed by atoms with Gasteiger partial charge in [-0.1, -0.05) is 18.9 Å². The van der Waals surface area contributed by atoms with E-state index < -0.39 is 5.92 Å². The van der Waals surface area contributed by atoms with E-state index in [1.54, 1.807) is 6.20 Å². The maximum atomic E-state index is 13.7. The molecule has 0 saturated carbocycles. The highest BCUT2D eigenvalue weighted by atomic mass is 16.2. The number of carbonyl (C=O) groups is 2.